The number of urea groups is 2. The Kier molecular flexibility index (Phi) is 22.1. The number of nitrogens with zero attached hydrogens (tertiary/aromatic N) is 5. The van der Waals surface area contributed by atoms with Gasteiger partial charge in [0.2, 0.25) is 0 Å². The number of benzene rings is 6. The minimum absolute atomic E-state index is 0.0792. The minimum Gasteiger partial charge on any atom is -0.507 e. The van der Waals surface area contributed by atoms with E-state index in [0.717, 1.165) is 78.1 Å². The van der Waals surface area contributed by atoms with Crippen LogP contribution < -0.4 is 57.4 Å². The lowest BCUT2D eigenvalue weighted by Gasteiger charge is -2.29. The molecule has 0 radical (unpaired) electrons. The number of nitrogens with one attached hydrogen (secondary N) is 4. The van der Waals surface area contributed by atoms with Crippen molar-refractivity contribution in [1.82, 2.24) is 46.0 Å². The van der Waals surface area contributed by atoms with E-state index in [1.165, 1.54) is 58.0 Å². The normalized spacial score (nSPS) is 16.2. The molecule has 10 aromatic rings. The number of hydrogen-bond donors (Lipinski definition) is 8. The number of amides is 8. The van der Waals surface area contributed by atoms with Gasteiger partial charge < -0.3 is 66.1 Å². The summed E-state index contributed by atoms with van der Waals surface area (Å²) in [6.07, 6.45) is 5.41. The summed E-state index contributed by atoms with van der Waals surface area (Å²) < 4.78 is 29.5. The fourth-order valence-corrected chi connectivity index (χ4v) is 14.1. The highest BCUT2D eigenvalue weighted by Gasteiger charge is 2.53. The number of imide groups is 2. The smallest absolute Gasteiger partial charge is 0.323 e. The fraction of sp³-hybridized carbons (Fsp3) is 0.164. The van der Waals surface area contributed by atoms with Crippen LogP contribution in [0.5, 0.6) is 28.7 Å². The zero-order valence-corrected chi connectivity index (χ0v) is 61.2. The topological polar surface area (TPSA) is 361 Å². The van der Waals surface area contributed by atoms with Gasteiger partial charge in [-0.25, -0.2) is 24.5 Å². The predicted molar refractivity (Wildman–Crippen MR) is 397 cm³/mol. The molecule has 0 aliphatic carbocycles. The van der Waals surface area contributed by atoms with E-state index in [-0.39, 0.29) is 42.2 Å². The molecule has 0 spiro atoms. The summed E-state index contributed by atoms with van der Waals surface area (Å²) in [5.74, 6) is 3.99. The molecule has 2 atom stereocenters. The molecule has 0 saturated carbocycles. The van der Waals surface area contributed by atoms with E-state index in [9.17, 15) is 38.7 Å². The number of ether oxygens (including phenoxy) is 4. The van der Waals surface area contributed by atoms with Gasteiger partial charge in [-0.2, -0.15) is 0 Å². The molecular weight excluding hydrogens is 1660 g/mol. The van der Waals surface area contributed by atoms with E-state index in [4.69, 9.17) is 47.0 Å². The second-order valence-electron chi connectivity index (χ2n) is 21.6. The van der Waals surface area contributed by atoms with Crippen molar-refractivity contribution in [2.45, 2.75) is 31.1 Å². The maximum Gasteiger partial charge on any atom is 0.323 e. The van der Waals surface area contributed by atoms with Crippen LogP contribution in [0.3, 0.4) is 0 Å². The Balaban J connectivity index is 0.000000142. The number of terminal acetylenes is 1. The van der Waals surface area contributed by atoms with Crippen LogP contribution in [-0.2, 0) is 28.2 Å². The molecule has 6 aromatic carbocycles. The van der Waals surface area contributed by atoms with Crippen molar-refractivity contribution < 1.29 is 62.0 Å². The summed E-state index contributed by atoms with van der Waals surface area (Å²) >= 11 is 10.7. The van der Waals surface area contributed by atoms with E-state index in [1.54, 1.807) is 81.8 Å². The number of nitrogen functional groups attached to an aromatic ring is 3. The van der Waals surface area contributed by atoms with Gasteiger partial charge in [0.25, 0.3) is 23.6 Å². The molecular formula is C67H57I3N12O13S3. The van der Waals surface area contributed by atoms with Gasteiger partial charge in [-0.1, -0.05) is 18.1 Å². The van der Waals surface area contributed by atoms with Gasteiger partial charge in [0, 0.05) is 68.0 Å². The Hall–Kier alpha value is -9.61. The summed E-state index contributed by atoms with van der Waals surface area (Å²) in [6.45, 7) is 1.98. The van der Waals surface area contributed by atoms with Crippen molar-refractivity contribution in [2.24, 2.45) is 0 Å². The summed E-state index contributed by atoms with van der Waals surface area (Å²) in [5, 5.41) is 26.9. The maximum atomic E-state index is 13.2. The van der Waals surface area contributed by atoms with Crippen molar-refractivity contribution >= 4 is 170 Å². The quantitative estimate of drug-likeness (QED) is 0.0230. The number of halogens is 3. The van der Waals surface area contributed by atoms with E-state index >= 15 is 0 Å². The molecule has 11 N–H and O–H groups in total. The number of methoxy groups -OCH3 is 4. The predicted octanol–water partition coefficient (Wildman–Crippen LogP) is 10.9. The van der Waals surface area contributed by atoms with Crippen LogP contribution in [0.15, 0.2) is 136 Å². The number of furan rings is 1. The number of rotatable bonds is 13. The molecule has 2 fully saturated rings. The second kappa shape index (κ2) is 30.4. The van der Waals surface area contributed by atoms with Crippen LogP contribution >= 0.6 is 102 Å². The number of phenolic OH excluding ortho intramolecular Hbond substituents is 1. The SMILES string of the molecule is C#C[C@]1(CN2Cc3ccc(OC)cc3C2=O)NC(=O)NC1=O.COc1ccc(-c2csc(N)n2)cc1I.COc1ccc(C(C)=O)cc1I.COc1ccc2c(c1)C(=O)N(C[C@@]1(c3cc4cc(-c5csc(N)n5)ccc4o3)NC(=O)NC1=O)C2.Nc1nc(-c2ccc(O)c(I)c2)cs1. The van der Waals surface area contributed by atoms with E-state index < -0.39 is 35.0 Å². The first-order valence-corrected chi connectivity index (χ1v) is 34.8. The Morgan fingerprint density at radius 3 is 1.52 bits per heavy atom. The van der Waals surface area contributed by atoms with Crippen molar-refractivity contribution in [3.8, 4) is 74.9 Å². The number of ketones is 1. The molecule has 98 heavy (non-hydrogen) atoms. The van der Waals surface area contributed by atoms with Crippen LogP contribution in [0.4, 0.5) is 25.0 Å². The number of aromatic hydroxyl groups is 1. The maximum absolute atomic E-state index is 13.2. The highest BCUT2D eigenvalue weighted by molar-refractivity contribution is 14.1. The lowest BCUT2D eigenvalue weighted by molar-refractivity contribution is -0.125. The van der Waals surface area contributed by atoms with Crippen molar-refractivity contribution in [3.63, 3.8) is 0 Å². The average molecular weight is 1720 g/mol. The van der Waals surface area contributed by atoms with Crippen LogP contribution in [0.1, 0.15) is 54.9 Å². The first-order valence-electron chi connectivity index (χ1n) is 28.9. The van der Waals surface area contributed by atoms with Gasteiger partial charge in [-0.3, -0.25) is 34.6 Å². The number of carbonyl (C=O) groups is 7. The second-order valence-corrected chi connectivity index (χ2v) is 27.8. The molecule has 25 nitrogen and oxygen atoms in total. The lowest BCUT2D eigenvalue weighted by Crippen LogP contribution is -2.54. The number of hydrogen-bond acceptors (Lipinski definition) is 22. The Morgan fingerprint density at radius 1 is 0.602 bits per heavy atom. The number of Topliss-reactive ketones (excluding diaryl/α,β-unsaturated/α-hetero) is 1. The Morgan fingerprint density at radius 2 is 1.08 bits per heavy atom. The van der Waals surface area contributed by atoms with Gasteiger partial charge >= 0.3 is 12.1 Å². The van der Waals surface area contributed by atoms with Crippen LogP contribution in [-0.4, -0.2) is 118 Å². The first kappa shape index (κ1) is 71.2. The van der Waals surface area contributed by atoms with Crippen LogP contribution in [0.2, 0.25) is 0 Å². The number of phenols is 1. The van der Waals surface area contributed by atoms with E-state index in [0.29, 0.717) is 56.7 Å². The van der Waals surface area contributed by atoms with Gasteiger partial charge in [0.1, 0.15) is 40.1 Å². The molecule has 4 aliphatic heterocycles. The van der Waals surface area contributed by atoms with E-state index in [2.05, 4.69) is 110 Å². The molecule has 8 heterocycles. The fourth-order valence-electron chi connectivity index (χ4n) is 10.4. The van der Waals surface area contributed by atoms with Gasteiger partial charge in [-0.05, 0) is 189 Å². The van der Waals surface area contributed by atoms with Crippen LogP contribution in [0, 0.1) is 23.1 Å². The average Bonchev–Trinajstić information content (AvgIpc) is 1.59. The highest BCUT2D eigenvalue weighted by atomic mass is 127. The van der Waals surface area contributed by atoms with Crippen LogP contribution in [0.25, 0.3) is 44.7 Å². The standard InChI is InChI=1S/C24H19N5O5S.C15H13N3O4.C10H9IN2OS.C9H7IN2OS.C9H9IO2/c1-33-15-4-2-13-9-29(20(30)16(13)8-15)11-24(21(31)27-23(32)28-24)19-7-14-6-12(3-5-18(14)34-19)17-10-35-22(25)26-17;1-3-15(13(20)16-14(21)17-15)8-18-7-9-4-5-10(22-2)6-11(9)12(18)19;1-14-9-3-2-6(4-7(9)11)8-5-15-10(12)13-8;10-6-3-5(1-2-8(6)13)7-4-14-9(11)12-7;1-6(11)7-3-4-9(12-2)8(10)5-7/h2-8,10H,9,11H2,1H3,(H2,25,26)(H2,27,28,31,32);1,4-6H,7-8H2,2H3,(H2,16,17,20,21);2-5H,1H3,(H2,12,13);1-4,13H,(H2,11,12);3-5H,1-2H3/t24-;15-;;;/m01.../s1. The number of aromatic nitrogens is 3. The molecule has 502 valence electrons. The molecule has 0 unspecified atom stereocenters. The summed E-state index contributed by atoms with van der Waals surface area (Å²) in [7, 11) is 6.33. The van der Waals surface area contributed by atoms with Crippen molar-refractivity contribution in [3.05, 3.63) is 176 Å². The molecule has 4 aliphatic rings. The molecule has 8 amide bonds. The monoisotopic (exact) mass is 1710 g/mol. The van der Waals surface area contributed by atoms with E-state index in [1.807, 2.05) is 70.7 Å². The minimum atomic E-state index is -1.58. The Bertz CT molecular complexity index is 4840. The van der Waals surface area contributed by atoms with Crippen molar-refractivity contribution in [1.29, 1.82) is 0 Å². The molecule has 31 heteroatoms. The number of thiazole rings is 3. The summed E-state index contributed by atoms with van der Waals surface area (Å²) in [6, 6.07) is 33.1. The number of fused-ring (bicyclic) bond motifs is 3. The molecule has 0 bridgehead atoms. The summed E-state index contributed by atoms with van der Waals surface area (Å²) in [4.78, 5) is 101. The summed E-state index contributed by atoms with van der Waals surface area (Å²) in [5.41, 5.74) is 23.1. The van der Waals surface area contributed by atoms with Gasteiger partial charge in [0.15, 0.2) is 32.3 Å². The third-order valence-electron chi connectivity index (χ3n) is 15.4. The first-order chi connectivity index (χ1) is 46.9. The van der Waals surface area contributed by atoms with Gasteiger partial charge in [0.05, 0.1) is 69.3 Å². The largest absolute Gasteiger partial charge is 0.507 e. The zero-order chi connectivity index (χ0) is 70.3. The molecule has 4 aromatic heterocycles. The third-order valence-corrected chi connectivity index (χ3v) is 20.0. The van der Waals surface area contributed by atoms with Gasteiger partial charge in [-0.15, -0.1) is 40.4 Å². The third kappa shape index (κ3) is 15.7. The lowest BCUT2D eigenvalue weighted by atomic mass is 9.95. The zero-order valence-electron chi connectivity index (χ0n) is 52.3. The number of anilines is 3. The Labute approximate surface area is 612 Å². The number of nitrogens with two attached hydrogens (primary N) is 3. The molecule has 14 rings (SSSR count). The molecule has 2 saturated heterocycles. The number of carbonyl (C=O) groups excluding carboxylic acids is 7. The highest BCUT2D eigenvalue weighted by Crippen LogP contribution is 2.38. The van der Waals surface area contributed by atoms with Crippen molar-refractivity contribution in [2.75, 3.05) is 58.7 Å².